The van der Waals surface area contributed by atoms with Crippen molar-refractivity contribution in [3.05, 3.63) is 23.2 Å². The summed E-state index contributed by atoms with van der Waals surface area (Å²) < 4.78 is 0. The summed E-state index contributed by atoms with van der Waals surface area (Å²) in [5.74, 6) is 1.01. The number of hydrogen-bond acceptors (Lipinski definition) is 3. The number of nitrogens with two attached hydrogens (primary N) is 1. The Morgan fingerprint density at radius 2 is 2.05 bits per heavy atom. The summed E-state index contributed by atoms with van der Waals surface area (Å²) in [6, 6.07) is 5.57. The first-order chi connectivity index (χ1) is 9.40. The molecular weight excluding hydrogens is 292 g/mol. The van der Waals surface area contributed by atoms with E-state index in [2.05, 4.69) is 19.2 Å². The lowest BCUT2D eigenvalue weighted by Crippen LogP contribution is -2.34. The maximum atomic E-state index is 11.9. The van der Waals surface area contributed by atoms with Gasteiger partial charge >= 0.3 is 0 Å². The molecule has 3 nitrogen and oxygen atoms in total. The van der Waals surface area contributed by atoms with Gasteiger partial charge in [-0.1, -0.05) is 31.5 Å². The zero-order chi connectivity index (χ0) is 15.1. The maximum Gasteiger partial charge on any atom is 0.230 e. The van der Waals surface area contributed by atoms with Crippen LogP contribution in [0.4, 0.5) is 5.69 Å². The Bertz CT molecular complexity index is 431. The van der Waals surface area contributed by atoms with E-state index in [0.717, 1.165) is 17.7 Å². The van der Waals surface area contributed by atoms with Crippen molar-refractivity contribution in [3.63, 3.8) is 0 Å². The molecular formula is C15H23ClN2OS. The monoisotopic (exact) mass is 314 g/mol. The smallest absolute Gasteiger partial charge is 0.230 e. The third kappa shape index (κ3) is 6.06. The van der Waals surface area contributed by atoms with Crippen LogP contribution in [0.2, 0.25) is 5.02 Å². The first-order valence-corrected chi connectivity index (χ1v) is 8.22. The first kappa shape index (κ1) is 17.2. The highest BCUT2D eigenvalue weighted by atomic mass is 35.5. The molecule has 1 aromatic carbocycles. The molecule has 0 saturated heterocycles. The maximum absolute atomic E-state index is 11.9. The minimum Gasteiger partial charge on any atom is -0.398 e. The van der Waals surface area contributed by atoms with Gasteiger partial charge in [-0.3, -0.25) is 4.79 Å². The Hall–Kier alpha value is -0.870. The van der Waals surface area contributed by atoms with Gasteiger partial charge in [-0.2, -0.15) is 0 Å². The van der Waals surface area contributed by atoms with Gasteiger partial charge in [0.25, 0.3) is 0 Å². The highest BCUT2D eigenvalue weighted by molar-refractivity contribution is 8.00. The average molecular weight is 315 g/mol. The molecule has 3 N–H and O–H groups in total. The number of amides is 1. The molecule has 1 amide bonds. The van der Waals surface area contributed by atoms with E-state index >= 15 is 0 Å². The van der Waals surface area contributed by atoms with Crippen LogP contribution in [0.3, 0.4) is 0 Å². The average Bonchev–Trinajstić information content (AvgIpc) is 2.35. The predicted molar refractivity (Wildman–Crippen MR) is 88.3 cm³/mol. The van der Waals surface area contributed by atoms with Gasteiger partial charge in [-0.05, 0) is 37.8 Å². The van der Waals surface area contributed by atoms with Gasteiger partial charge in [0, 0.05) is 16.6 Å². The van der Waals surface area contributed by atoms with Crippen molar-refractivity contribution in [2.24, 2.45) is 5.92 Å². The van der Waals surface area contributed by atoms with Crippen molar-refractivity contribution in [2.75, 3.05) is 11.5 Å². The van der Waals surface area contributed by atoms with E-state index in [1.165, 1.54) is 11.8 Å². The lowest BCUT2D eigenvalue weighted by Gasteiger charge is -2.15. The van der Waals surface area contributed by atoms with E-state index in [0.29, 0.717) is 22.4 Å². The van der Waals surface area contributed by atoms with Crippen LogP contribution in [0.1, 0.15) is 33.6 Å². The Balaban J connectivity index is 2.40. The van der Waals surface area contributed by atoms with Gasteiger partial charge in [0.05, 0.1) is 10.8 Å². The Labute approximate surface area is 130 Å². The summed E-state index contributed by atoms with van der Waals surface area (Å²) in [7, 11) is 0. The number of halogens is 1. The number of nitrogens with one attached hydrogen (secondary N) is 1. The molecule has 0 aliphatic carbocycles. The highest BCUT2D eigenvalue weighted by Crippen LogP contribution is 2.32. The second-order valence-electron chi connectivity index (χ2n) is 5.39. The highest BCUT2D eigenvalue weighted by Gasteiger charge is 2.11. The van der Waals surface area contributed by atoms with Gasteiger partial charge in [0.15, 0.2) is 0 Å². The molecule has 0 radical (unpaired) electrons. The first-order valence-electron chi connectivity index (χ1n) is 6.86. The molecule has 0 spiro atoms. The number of nitrogen functional groups attached to an aromatic ring is 1. The van der Waals surface area contributed by atoms with Crippen LogP contribution >= 0.6 is 23.4 Å². The lowest BCUT2D eigenvalue weighted by molar-refractivity contribution is -0.119. The summed E-state index contributed by atoms with van der Waals surface area (Å²) in [4.78, 5) is 12.7. The Kier molecular flexibility index (Phi) is 7.24. The van der Waals surface area contributed by atoms with Crippen LogP contribution in [0.15, 0.2) is 23.1 Å². The predicted octanol–water partition coefficient (Wildman–Crippen LogP) is 3.96. The zero-order valence-corrected chi connectivity index (χ0v) is 13.9. The molecule has 1 unspecified atom stereocenters. The van der Waals surface area contributed by atoms with E-state index in [9.17, 15) is 4.79 Å². The molecule has 0 aliphatic heterocycles. The molecule has 20 heavy (non-hydrogen) atoms. The molecule has 1 rings (SSSR count). The minimum atomic E-state index is 0.0191. The van der Waals surface area contributed by atoms with Gasteiger partial charge < -0.3 is 11.1 Å². The van der Waals surface area contributed by atoms with E-state index in [-0.39, 0.29) is 11.9 Å². The second-order valence-corrected chi connectivity index (χ2v) is 6.78. The van der Waals surface area contributed by atoms with Crippen molar-refractivity contribution >= 4 is 35.0 Å². The summed E-state index contributed by atoms with van der Waals surface area (Å²) in [6.45, 7) is 6.41. The standard InChI is InChI=1S/C15H23ClN2OS/c1-10(2)7-8-11(3)18-14(19)9-20-15-12(16)5-4-6-13(15)17/h4-6,10-11H,7-9,17H2,1-3H3,(H,18,19). The fourth-order valence-electron chi connectivity index (χ4n) is 1.79. The van der Waals surface area contributed by atoms with Crippen LogP contribution in [-0.2, 0) is 4.79 Å². The number of thioether (sulfide) groups is 1. The summed E-state index contributed by atoms with van der Waals surface area (Å²) in [6.07, 6.45) is 2.12. The van der Waals surface area contributed by atoms with Crippen LogP contribution in [-0.4, -0.2) is 17.7 Å². The normalized spacial score (nSPS) is 12.4. The number of hydrogen-bond donors (Lipinski definition) is 2. The number of benzene rings is 1. The summed E-state index contributed by atoms with van der Waals surface area (Å²) in [5.41, 5.74) is 6.47. The van der Waals surface area contributed by atoms with Crippen LogP contribution in [0, 0.1) is 5.92 Å². The molecule has 5 heteroatoms. The topological polar surface area (TPSA) is 55.1 Å². The van der Waals surface area contributed by atoms with Gasteiger partial charge in [0.2, 0.25) is 5.91 Å². The SMILES string of the molecule is CC(C)CCC(C)NC(=O)CSc1c(N)cccc1Cl. The lowest BCUT2D eigenvalue weighted by atomic mass is 10.0. The number of rotatable bonds is 7. The van der Waals surface area contributed by atoms with Crippen molar-refractivity contribution in [1.82, 2.24) is 5.32 Å². The zero-order valence-electron chi connectivity index (χ0n) is 12.3. The Morgan fingerprint density at radius 1 is 1.35 bits per heavy atom. The molecule has 0 fully saturated rings. The third-order valence-electron chi connectivity index (χ3n) is 2.93. The largest absolute Gasteiger partial charge is 0.398 e. The van der Waals surface area contributed by atoms with Crippen LogP contribution < -0.4 is 11.1 Å². The fourth-order valence-corrected chi connectivity index (χ4v) is 2.93. The number of carbonyl (C=O) groups excluding carboxylic acids is 1. The van der Waals surface area contributed by atoms with Crippen molar-refractivity contribution in [1.29, 1.82) is 0 Å². The molecule has 112 valence electrons. The van der Waals surface area contributed by atoms with Crippen molar-refractivity contribution in [3.8, 4) is 0 Å². The number of anilines is 1. The van der Waals surface area contributed by atoms with Gasteiger partial charge in [-0.25, -0.2) is 0 Å². The van der Waals surface area contributed by atoms with E-state index < -0.39 is 0 Å². The van der Waals surface area contributed by atoms with Crippen molar-refractivity contribution < 1.29 is 4.79 Å². The van der Waals surface area contributed by atoms with E-state index in [1.54, 1.807) is 18.2 Å². The Morgan fingerprint density at radius 3 is 2.65 bits per heavy atom. The molecule has 0 saturated carbocycles. The third-order valence-corrected chi connectivity index (χ3v) is 4.51. The molecule has 0 aliphatic rings. The van der Waals surface area contributed by atoms with Gasteiger partial charge in [0.1, 0.15) is 0 Å². The fraction of sp³-hybridized carbons (Fsp3) is 0.533. The molecule has 0 aromatic heterocycles. The van der Waals surface area contributed by atoms with Crippen LogP contribution in [0.25, 0.3) is 0 Å². The van der Waals surface area contributed by atoms with E-state index in [1.807, 2.05) is 6.92 Å². The van der Waals surface area contributed by atoms with Crippen molar-refractivity contribution in [2.45, 2.75) is 44.6 Å². The molecule has 1 aromatic rings. The molecule has 0 heterocycles. The van der Waals surface area contributed by atoms with E-state index in [4.69, 9.17) is 17.3 Å². The van der Waals surface area contributed by atoms with Gasteiger partial charge in [-0.15, -0.1) is 11.8 Å². The quantitative estimate of drug-likeness (QED) is 0.591. The summed E-state index contributed by atoms with van der Waals surface area (Å²) in [5, 5.41) is 3.59. The molecule has 0 bridgehead atoms. The minimum absolute atomic E-state index is 0.0191. The number of carbonyl (C=O) groups is 1. The second kappa shape index (κ2) is 8.42. The van der Waals surface area contributed by atoms with Crippen LogP contribution in [0.5, 0.6) is 0 Å². The molecule has 1 atom stereocenters. The summed E-state index contributed by atoms with van der Waals surface area (Å²) >= 11 is 7.45.